The predicted octanol–water partition coefficient (Wildman–Crippen LogP) is 3.21. The lowest BCUT2D eigenvalue weighted by Gasteiger charge is -2.07. The summed E-state index contributed by atoms with van der Waals surface area (Å²) in [5.74, 6) is 1.96. The van der Waals surface area contributed by atoms with E-state index in [1.165, 1.54) is 0 Å². The number of rotatable bonds is 2. The fraction of sp³-hybridized carbons (Fsp3) is 0.133. The standard InChI is InChI=1S/C15H12O4/c1-9-12(17-2)6-5-11-14(16)13(19-15(9)11)8-10-4-3-7-18-10/h3-8H,1-2H3/b13-8-. The third-order valence-electron chi connectivity index (χ3n) is 3.07. The topological polar surface area (TPSA) is 48.7 Å². The minimum Gasteiger partial charge on any atom is -0.496 e. The van der Waals surface area contributed by atoms with Crippen LogP contribution in [0.2, 0.25) is 0 Å². The molecule has 2 heterocycles. The number of ether oxygens (including phenoxy) is 2. The summed E-state index contributed by atoms with van der Waals surface area (Å²) in [6, 6.07) is 7.01. The molecule has 0 N–H and O–H groups in total. The van der Waals surface area contributed by atoms with Crippen molar-refractivity contribution in [2.75, 3.05) is 7.11 Å². The van der Waals surface area contributed by atoms with Crippen LogP contribution in [0.3, 0.4) is 0 Å². The van der Waals surface area contributed by atoms with Gasteiger partial charge in [-0.15, -0.1) is 0 Å². The molecule has 0 saturated carbocycles. The molecule has 19 heavy (non-hydrogen) atoms. The zero-order chi connectivity index (χ0) is 13.4. The first-order chi connectivity index (χ1) is 9.20. The lowest BCUT2D eigenvalue weighted by molar-refractivity contribution is 0.101. The molecule has 0 amide bonds. The Bertz CT molecular complexity index is 666. The minimum atomic E-state index is -0.142. The number of benzene rings is 1. The van der Waals surface area contributed by atoms with Gasteiger partial charge in [0.25, 0.3) is 0 Å². The van der Waals surface area contributed by atoms with Crippen LogP contribution in [0.4, 0.5) is 0 Å². The molecule has 3 rings (SSSR count). The third kappa shape index (κ3) is 1.81. The van der Waals surface area contributed by atoms with Gasteiger partial charge >= 0.3 is 0 Å². The molecule has 1 aliphatic heterocycles. The van der Waals surface area contributed by atoms with Gasteiger partial charge in [0, 0.05) is 11.6 Å². The highest BCUT2D eigenvalue weighted by molar-refractivity contribution is 6.14. The van der Waals surface area contributed by atoms with Crippen LogP contribution in [0.5, 0.6) is 11.5 Å². The second-order valence-corrected chi connectivity index (χ2v) is 4.22. The number of carbonyl (C=O) groups excluding carboxylic acids is 1. The van der Waals surface area contributed by atoms with Crippen LogP contribution in [0.1, 0.15) is 21.7 Å². The van der Waals surface area contributed by atoms with E-state index in [2.05, 4.69) is 0 Å². The second-order valence-electron chi connectivity index (χ2n) is 4.22. The number of hydrogen-bond donors (Lipinski definition) is 0. The van der Waals surface area contributed by atoms with E-state index >= 15 is 0 Å². The minimum absolute atomic E-state index is 0.142. The number of ketones is 1. The number of fused-ring (bicyclic) bond motifs is 1. The Kier molecular flexibility index (Phi) is 2.63. The van der Waals surface area contributed by atoms with Gasteiger partial charge in [-0.25, -0.2) is 0 Å². The van der Waals surface area contributed by atoms with Crippen molar-refractivity contribution < 1.29 is 18.7 Å². The number of furan rings is 1. The van der Waals surface area contributed by atoms with Gasteiger partial charge in [0.1, 0.15) is 17.3 Å². The van der Waals surface area contributed by atoms with E-state index in [1.54, 1.807) is 43.7 Å². The Hall–Kier alpha value is -2.49. The Balaban J connectivity index is 2.04. The van der Waals surface area contributed by atoms with Crippen molar-refractivity contribution >= 4 is 11.9 Å². The molecule has 1 aromatic carbocycles. The summed E-state index contributed by atoms with van der Waals surface area (Å²) in [6.07, 6.45) is 3.14. The van der Waals surface area contributed by atoms with Gasteiger partial charge in [0.15, 0.2) is 5.76 Å². The van der Waals surface area contributed by atoms with Gasteiger partial charge in [0.2, 0.25) is 5.78 Å². The Morgan fingerprint density at radius 3 is 2.79 bits per heavy atom. The molecule has 0 radical (unpaired) electrons. The molecular weight excluding hydrogens is 244 g/mol. The maximum absolute atomic E-state index is 12.2. The first-order valence-electron chi connectivity index (χ1n) is 5.86. The van der Waals surface area contributed by atoms with Crippen LogP contribution in [-0.2, 0) is 0 Å². The average Bonchev–Trinajstić information content (AvgIpc) is 3.01. The molecule has 0 bridgehead atoms. The summed E-state index contributed by atoms with van der Waals surface area (Å²) in [6.45, 7) is 1.86. The van der Waals surface area contributed by atoms with Crippen LogP contribution in [0.25, 0.3) is 6.08 Å². The summed E-state index contributed by atoms with van der Waals surface area (Å²) >= 11 is 0. The van der Waals surface area contributed by atoms with Crippen LogP contribution in [-0.4, -0.2) is 12.9 Å². The number of allylic oxidation sites excluding steroid dienone is 1. The van der Waals surface area contributed by atoms with E-state index in [-0.39, 0.29) is 11.5 Å². The van der Waals surface area contributed by atoms with E-state index in [1.807, 2.05) is 6.92 Å². The molecule has 0 fully saturated rings. The Labute approximate surface area is 110 Å². The van der Waals surface area contributed by atoms with Crippen molar-refractivity contribution in [1.82, 2.24) is 0 Å². The van der Waals surface area contributed by atoms with Crippen LogP contribution in [0, 0.1) is 6.92 Å². The quantitative estimate of drug-likeness (QED) is 0.774. The highest BCUT2D eigenvalue weighted by Gasteiger charge is 2.30. The highest BCUT2D eigenvalue weighted by atomic mass is 16.5. The van der Waals surface area contributed by atoms with Gasteiger partial charge in [-0.2, -0.15) is 0 Å². The first kappa shape index (κ1) is 11.6. The Morgan fingerprint density at radius 2 is 2.11 bits per heavy atom. The van der Waals surface area contributed by atoms with E-state index in [4.69, 9.17) is 13.9 Å². The van der Waals surface area contributed by atoms with Crippen molar-refractivity contribution in [2.45, 2.75) is 6.92 Å². The van der Waals surface area contributed by atoms with Gasteiger partial charge in [-0.3, -0.25) is 4.79 Å². The van der Waals surface area contributed by atoms with E-state index in [9.17, 15) is 4.79 Å². The smallest absolute Gasteiger partial charge is 0.232 e. The van der Waals surface area contributed by atoms with E-state index in [0.29, 0.717) is 22.8 Å². The van der Waals surface area contributed by atoms with Crippen LogP contribution < -0.4 is 9.47 Å². The zero-order valence-electron chi connectivity index (χ0n) is 10.6. The van der Waals surface area contributed by atoms with Gasteiger partial charge in [0.05, 0.1) is 18.9 Å². The molecule has 2 aromatic rings. The molecule has 96 valence electrons. The summed E-state index contributed by atoms with van der Waals surface area (Å²) in [4.78, 5) is 12.2. The monoisotopic (exact) mass is 256 g/mol. The van der Waals surface area contributed by atoms with Gasteiger partial charge in [-0.05, 0) is 31.2 Å². The molecule has 0 spiro atoms. The zero-order valence-corrected chi connectivity index (χ0v) is 10.6. The molecule has 0 saturated heterocycles. The summed E-state index contributed by atoms with van der Waals surface area (Å²) in [5.41, 5.74) is 1.37. The maximum atomic E-state index is 12.2. The largest absolute Gasteiger partial charge is 0.496 e. The fourth-order valence-electron chi connectivity index (χ4n) is 2.09. The SMILES string of the molecule is COc1ccc2c(c1C)O/C(=C\c1ccco1)C2=O. The number of Topliss-reactive ketones (excluding diaryl/α,β-unsaturated/α-hetero) is 1. The Morgan fingerprint density at radius 1 is 1.26 bits per heavy atom. The third-order valence-corrected chi connectivity index (χ3v) is 3.07. The first-order valence-corrected chi connectivity index (χ1v) is 5.86. The summed E-state index contributed by atoms with van der Waals surface area (Å²) in [7, 11) is 1.59. The molecule has 0 aliphatic carbocycles. The van der Waals surface area contributed by atoms with Crippen LogP contribution in [0.15, 0.2) is 40.7 Å². The normalized spacial score (nSPS) is 15.5. The molecule has 1 aromatic heterocycles. The lowest BCUT2D eigenvalue weighted by Crippen LogP contribution is -1.97. The van der Waals surface area contributed by atoms with Crippen LogP contribution >= 0.6 is 0 Å². The molecule has 0 unspecified atom stereocenters. The molecule has 4 heteroatoms. The van der Waals surface area contributed by atoms with Crippen molar-refractivity contribution in [1.29, 1.82) is 0 Å². The van der Waals surface area contributed by atoms with Crippen molar-refractivity contribution in [3.8, 4) is 11.5 Å². The van der Waals surface area contributed by atoms with E-state index in [0.717, 1.165) is 5.56 Å². The van der Waals surface area contributed by atoms with Crippen molar-refractivity contribution in [3.05, 3.63) is 53.2 Å². The molecular formula is C15H12O4. The number of carbonyl (C=O) groups is 1. The number of methoxy groups -OCH3 is 1. The molecule has 1 aliphatic rings. The molecule has 4 nitrogen and oxygen atoms in total. The maximum Gasteiger partial charge on any atom is 0.232 e. The predicted molar refractivity (Wildman–Crippen MR) is 69.4 cm³/mol. The van der Waals surface area contributed by atoms with Gasteiger partial charge in [-0.1, -0.05) is 0 Å². The highest BCUT2D eigenvalue weighted by Crippen LogP contribution is 2.39. The fourth-order valence-corrected chi connectivity index (χ4v) is 2.09. The second kappa shape index (κ2) is 4.31. The van der Waals surface area contributed by atoms with Gasteiger partial charge < -0.3 is 13.9 Å². The summed E-state index contributed by atoms with van der Waals surface area (Å²) in [5, 5.41) is 0. The summed E-state index contributed by atoms with van der Waals surface area (Å²) < 4.78 is 16.0. The number of hydrogen-bond acceptors (Lipinski definition) is 4. The van der Waals surface area contributed by atoms with E-state index < -0.39 is 0 Å². The lowest BCUT2D eigenvalue weighted by atomic mass is 10.1. The average molecular weight is 256 g/mol. The molecule has 0 atom stereocenters. The van der Waals surface area contributed by atoms with Crippen molar-refractivity contribution in [3.63, 3.8) is 0 Å². The van der Waals surface area contributed by atoms with Crippen molar-refractivity contribution in [2.24, 2.45) is 0 Å².